The summed E-state index contributed by atoms with van der Waals surface area (Å²) in [7, 11) is 0. The average molecular weight is 282 g/mol. The molecule has 0 aliphatic carbocycles. The summed E-state index contributed by atoms with van der Waals surface area (Å²) >= 11 is 6.31. The molecule has 4 heteroatoms. The van der Waals surface area contributed by atoms with E-state index in [1.54, 1.807) is 0 Å². The maximum atomic E-state index is 6.31. The van der Waals surface area contributed by atoms with Gasteiger partial charge in [0.05, 0.1) is 0 Å². The SMILES string of the molecule is CCCN1CCN(c2cccc(Cl)c2CCN)CC1. The van der Waals surface area contributed by atoms with E-state index < -0.39 is 0 Å². The highest BCUT2D eigenvalue weighted by atomic mass is 35.5. The van der Waals surface area contributed by atoms with Gasteiger partial charge in [0.2, 0.25) is 0 Å². The van der Waals surface area contributed by atoms with Crippen molar-refractivity contribution in [2.24, 2.45) is 5.73 Å². The highest BCUT2D eigenvalue weighted by molar-refractivity contribution is 6.31. The van der Waals surface area contributed by atoms with Gasteiger partial charge in [-0.2, -0.15) is 0 Å². The normalized spacial score (nSPS) is 16.9. The first kappa shape index (κ1) is 14.6. The largest absolute Gasteiger partial charge is 0.369 e. The Kier molecular flexibility index (Phi) is 5.49. The minimum atomic E-state index is 0.645. The molecule has 0 atom stereocenters. The summed E-state index contributed by atoms with van der Waals surface area (Å²) in [6.45, 7) is 8.54. The van der Waals surface area contributed by atoms with E-state index in [4.69, 9.17) is 17.3 Å². The number of nitrogens with two attached hydrogens (primary N) is 1. The van der Waals surface area contributed by atoms with Crippen LogP contribution in [-0.4, -0.2) is 44.2 Å². The lowest BCUT2D eigenvalue weighted by atomic mass is 10.1. The molecule has 1 heterocycles. The fourth-order valence-electron chi connectivity index (χ4n) is 2.76. The van der Waals surface area contributed by atoms with Crippen LogP contribution in [0.15, 0.2) is 18.2 Å². The van der Waals surface area contributed by atoms with Crippen LogP contribution in [0.25, 0.3) is 0 Å². The third kappa shape index (κ3) is 3.62. The zero-order valence-corrected chi connectivity index (χ0v) is 12.5. The number of hydrogen-bond donors (Lipinski definition) is 1. The Balaban J connectivity index is 2.08. The summed E-state index contributed by atoms with van der Waals surface area (Å²) in [6.07, 6.45) is 2.08. The van der Waals surface area contributed by atoms with Gasteiger partial charge in [0, 0.05) is 36.9 Å². The molecular weight excluding hydrogens is 258 g/mol. The van der Waals surface area contributed by atoms with Gasteiger partial charge in [-0.1, -0.05) is 24.6 Å². The zero-order valence-electron chi connectivity index (χ0n) is 11.7. The van der Waals surface area contributed by atoms with E-state index in [1.807, 2.05) is 12.1 Å². The number of anilines is 1. The smallest absolute Gasteiger partial charge is 0.0459 e. The van der Waals surface area contributed by atoms with Gasteiger partial charge in [0.15, 0.2) is 0 Å². The van der Waals surface area contributed by atoms with Crippen molar-refractivity contribution in [3.05, 3.63) is 28.8 Å². The maximum absolute atomic E-state index is 6.31. The minimum absolute atomic E-state index is 0.645. The monoisotopic (exact) mass is 281 g/mol. The van der Waals surface area contributed by atoms with Crippen molar-refractivity contribution in [2.45, 2.75) is 19.8 Å². The molecule has 1 fully saturated rings. The van der Waals surface area contributed by atoms with Gasteiger partial charge in [-0.05, 0) is 43.6 Å². The molecule has 0 amide bonds. The first-order valence-electron chi connectivity index (χ1n) is 7.21. The van der Waals surface area contributed by atoms with Crippen LogP contribution < -0.4 is 10.6 Å². The Morgan fingerprint density at radius 1 is 1.21 bits per heavy atom. The molecule has 1 aromatic carbocycles. The summed E-state index contributed by atoms with van der Waals surface area (Å²) in [5.41, 5.74) is 8.18. The minimum Gasteiger partial charge on any atom is -0.369 e. The van der Waals surface area contributed by atoms with E-state index in [2.05, 4.69) is 22.8 Å². The number of nitrogens with zero attached hydrogens (tertiary/aromatic N) is 2. The molecule has 0 saturated carbocycles. The highest BCUT2D eigenvalue weighted by Gasteiger charge is 2.19. The molecule has 0 bridgehead atoms. The van der Waals surface area contributed by atoms with Crippen LogP contribution >= 0.6 is 11.6 Å². The number of piperazine rings is 1. The first-order valence-corrected chi connectivity index (χ1v) is 7.58. The second-order valence-electron chi connectivity index (χ2n) is 5.10. The maximum Gasteiger partial charge on any atom is 0.0459 e. The van der Waals surface area contributed by atoms with Gasteiger partial charge < -0.3 is 10.6 Å². The van der Waals surface area contributed by atoms with Gasteiger partial charge in [-0.25, -0.2) is 0 Å². The third-order valence-electron chi connectivity index (χ3n) is 3.74. The summed E-state index contributed by atoms with van der Waals surface area (Å²) in [6, 6.07) is 6.17. The fourth-order valence-corrected chi connectivity index (χ4v) is 3.03. The Labute approximate surface area is 121 Å². The zero-order chi connectivity index (χ0) is 13.7. The molecule has 0 spiro atoms. The van der Waals surface area contributed by atoms with Crippen LogP contribution in [0.5, 0.6) is 0 Å². The first-order chi connectivity index (χ1) is 9.26. The van der Waals surface area contributed by atoms with Gasteiger partial charge in [0.25, 0.3) is 0 Å². The molecule has 1 aliphatic rings. The van der Waals surface area contributed by atoms with Crippen molar-refractivity contribution < 1.29 is 0 Å². The molecule has 1 aliphatic heterocycles. The van der Waals surface area contributed by atoms with Crippen LogP contribution in [-0.2, 0) is 6.42 Å². The molecule has 0 unspecified atom stereocenters. The standard InChI is InChI=1S/C15H24ClN3/c1-2-8-18-9-11-19(12-10-18)15-5-3-4-14(16)13(15)6-7-17/h3-5H,2,6-12,17H2,1H3. The Morgan fingerprint density at radius 3 is 2.58 bits per heavy atom. The van der Waals surface area contributed by atoms with Gasteiger partial charge in [-0.3, -0.25) is 4.90 Å². The predicted molar refractivity (Wildman–Crippen MR) is 83.2 cm³/mol. The molecule has 3 nitrogen and oxygen atoms in total. The number of hydrogen-bond acceptors (Lipinski definition) is 3. The van der Waals surface area contributed by atoms with Crippen LogP contribution in [0.4, 0.5) is 5.69 Å². The number of rotatable bonds is 5. The molecule has 0 radical (unpaired) electrons. The van der Waals surface area contributed by atoms with Crippen molar-refractivity contribution in [1.29, 1.82) is 0 Å². The lowest BCUT2D eigenvalue weighted by Crippen LogP contribution is -2.46. The Morgan fingerprint density at radius 2 is 1.95 bits per heavy atom. The molecule has 2 N–H and O–H groups in total. The van der Waals surface area contributed by atoms with Crippen molar-refractivity contribution >= 4 is 17.3 Å². The molecule has 1 aromatic rings. The Hall–Kier alpha value is -0.770. The summed E-state index contributed by atoms with van der Waals surface area (Å²) in [5, 5.41) is 0.846. The second-order valence-corrected chi connectivity index (χ2v) is 5.51. The molecule has 106 valence electrons. The van der Waals surface area contributed by atoms with Crippen molar-refractivity contribution in [1.82, 2.24) is 4.90 Å². The van der Waals surface area contributed by atoms with Gasteiger partial charge >= 0.3 is 0 Å². The summed E-state index contributed by atoms with van der Waals surface area (Å²) < 4.78 is 0. The van der Waals surface area contributed by atoms with Crippen molar-refractivity contribution in [3.63, 3.8) is 0 Å². The fraction of sp³-hybridized carbons (Fsp3) is 0.600. The average Bonchev–Trinajstić information content (AvgIpc) is 2.43. The lowest BCUT2D eigenvalue weighted by Gasteiger charge is -2.37. The number of benzene rings is 1. The van der Waals surface area contributed by atoms with E-state index in [0.717, 1.165) is 37.6 Å². The van der Waals surface area contributed by atoms with E-state index in [-0.39, 0.29) is 0 Å². The van der Waals surface area contributed by atoms with Crippen molar-refractivity contribution in [3.8, 4) is 0 Å². The van der Waals surface area contributed by atoms with Crippen LogP contribution in [0.2, 0.25) is 5.02 Å². The topological polar surface area (TPSA) is 32.5 Å². The molecule has 2 rings (SSSR count). The van der Waals surface area contributed by atoms with Gasteiger partial charge in [-0.15, -0.1) is 0 Å². The second kappa shape index (κ2) is 7.13. The van der Waals surface area contributed by atoms with Crippen LogP contribution in [0, 0.1) is 0 Å². The van der Waals surface area contributed by atoms with E-state index in [1.165, 1.54) is 24.2 Å². The summed E-state index contributed by atoms with van der Waals surface area (Å²) in [4.78, 5) is 4.98. The molecule has 1 saturated heterocycles. The van der Waals surface area contributed by atoms with Gasteiger partial charge in [0.1, 0.15) is 0 Å². The summed E-state index contributed by atoms with van der Waals surface area (Å²) in [5.74, 6) is 0. The molecule has 19 heavy (non-hydrogen) atoms. The predicted octanol–water partition coefficient (Wildman–Crippen LogP) is 2.37. The lowest BCUT2D eigenvalue weighted by molar-refractivity contribution is 0.258. The quantitative estimate of drug-likeness (QED) is 0.899. The van der Waals surface area contributed by atoms with Crippen LogP contribution in [0.3, 0.4) is 0 Å². The Bertz CT molecular complexity index is 400. The van der Waals surface area contributed by atoms with E-state index in [0.29, 0.717) is 6.54 Å². The van der Waals surface area contributed by atoms with Crippen LogP contribution in [0.1, 0.15) is 18.9 Å². The molecule has 0 aromatic heterocycles. The van der Waals surface area contributed by atoms with E-state index in [9.17, 15) is 0 Å². The number of halogens is 1. The van der Waals surface area contributed by atoms with E-state index >= 15 is 0 Å². The highest BCUT2D eigenvalue weighted by Crippen LogP contribution is 2.28. The third-order valence-corrected chi connectivity index (χ3v) is 4.10. The van der Waals surface area contributed by atoms with Crippen molar-refractivity contribution in [2.75, 3.05) is 44.2 Å². The molecular formula is C15H24ClN3.